The Labute approximate surface area is 129 Å². The predicted molar refractivity (Wildman–Crippen MR) is 97.4 cm³/mol. The topological polar surface area (TPSA) is 0 Å². The molecule has 0 N–H and O–H groups in total. The molecule has 0 atom stereocenters. The summed E-state index contributed by atoms with van der Waals surface area (Å²) in [5.74, 6) is 0. The Kier molecular flexibility index (Phi) is 6.42. The quantitative estimate of drug-likeness (QED) is 0.623. The van der Waals surface area contributed by atoms with Crippen molar-refractivity contribution in [3.63, 3.8) is 0 Å². The molecule has 0 aliphatic heterocycles. The molecule has 2 rings (SSSR count). The third-order valence-electron chi connectivity index (χ3n) is 3.38. The Morgan fingerprint density at radius 3 is 1.48 bits per heavy atom. The van der Waals surface area contributed by atoms with Crippen molar-refractivity contribution in [1.82, 2.24) is 0 Å². The fraction of sp³-hybridized carbons (Fsp3) is 0.143. The third-order valence-corrected chi connectivity index (χ3v) is 3.38. The van der Waals surface area contributed by atoms with E-state index < -0.39 is 0 Å². The minimum Gasteiger partial charge on any atom is -0.0985 e. The standard InChI is InChI=1S/C11H14.C10H10/c1-5-11-9(3)6-8(2)7-10(11)4;1-3-9-7-5-6-8-10(9)4-2/h5-7H,1H2,2-4H3;3-8H,1-2H2. The summed E-state index contributed by atoms with van der Waals surface area (Å²) in [6.07, 6.45) is 5.58. The van der Waals surface area contributed by atoms with Gasteiger partial charge in [0.1, 0.15) is 0 Å². The van der Waals surface area contributed by atoms with Crippen molar-refractivity contribution >= 4 is 18.2 Å². The van der Waals surface area contributed by atoms with Crippen LogP contribution in [0.3, 0.4) is 0 Å². The number of benzene rings is 2. The van der Waals surface area contributed by atoms with E-state index in [2.05, 4.69) is 52.6 Å². The molecule has 0 fully saturated rings. The Balaban J connectivity index is 0.000000211. The minimum atomic E-state index is 1.14. The average Bonchev–Trinajstić information content (AvgIpc) is 2.47. The van der Waals surface area contributed by atoms with Gasteiger partial charge in [0.2, 0.25) is 0 Å². The van der Waals surface area contributed by atoms with E-state index in [-0.39, 0.29) is 0 Å². The molecule has 2 aromatic rings. The largest absolute Gasteiger partial charge is 0.0985 e. The van der Waals surface area contributed by atoms with Crippen molar-refractivity contribution in [2.24, 2.45) is 0 Å². The van der Waals surface area contributed by atoms with Gasteiger partial charge in [-0.25, -0.2) is 0 Å². The van der Waals surface area contributed by atoms with Crippen molar-refractivity contribution in [2.75, 3.05) is 0 Å². The zero-order valence-electron chi connectivity index (χ0n) is 13.3. The van der Waals surface area contributed by atoms with E-state index in [1.807, 2.05) is 42.5 Å². The van der Waals surface area contributed by atoms with Crippen molar-refractivity contribution in [1.29, 1.82) is 0 Å². The van der Waals surface area contributed by atoms with Gasteiger partial charge < -0.3 is 0 Å². The number of rotatable bonds is 3. The lowest BCUT2D eigenvalue weighted by molar-refractivity contribution is 1.30. The van der Waals surface area contributed by atoms with E-state index in [1.54, 1.807) is 0 Å². The fourth-order valence-electron chi connectivity index (χ4n) is 2.40. The molecule has 0 nitrogen and oxygen atoms in total. The molecular weight excluding hydrogens is 252 g/mol. The molecular formula is C21H24. The lowest BCUT2D eigenvalue weighted by atomic mass is 10.0. The van der Waals surface area contributed by atoms with Crippen molar-refractivity contribution in [3.05, 3.63) is 89.5 Å². The first-order chi connectivity index (χ1) is 10.0. The van der Waals surface area contributed by atoms with Crippen molar-refractivity contribution in [2.45, 2.75) is 20.8 Å². The maximum atomic E-state index is 3.78. The van der Waals surface area contributed by atoms with E-state index >= 15 is 0 Å². The highest BCUT2D eigenvalue weighted by molar-refractivity contribution is 5.63. The van der Waals surface area contributed by atoms with Crippen LogP contribution in [0.4, 0.5) is 0 Å². The van der Waals surface area contributed by atoms with Crippen LogP contribution in [-0.2, 0) is 0 Å². The summed E-state index contributed by atoms with van der Waals surface area (Å²) in [6.45, 7) is 17.5. The van der Waals surface area contributed by atoms with Crippen LogP contribution < -0.4 is 0 Å². The van der Waals surface area contributed by atoms with E-state index in [0.717, 1.165) is 11.1 Å². The maximum absolute atomic E-state index is 3.78. The Hall–Kier alpha value is -2.34. The van der Waals surface area contributed by atoms with E-state index in [9.17, 15) is 0 Å². The maximum Gasteiger partial charge on any atom is -0.0190 e. The molecule has 0 aliphatic rings. The van der Waals surface area contributed by atoms with Gasteiger partial charge in [-0.1, -0.05) is 79.9 Å². The molecule has 0 spiro atoms. The zero-order chi connectivity index (χ0) is 15.8. The van der Waals surface area contributed by atoms with E-state index in [4.69, 9.17) is 0 Å². The van der Waals surface area contributed by atoms with Crippen molar-refractivity contribution in [3.8, 4) is 0 Å². The van der Waals surface area contributed by atoms with Gasteiger partial charge >= 0.3 is 0 Å². The summed E-state index contributed by atoms with van der Waals surface area (Å²) in [5.41, 5.74) is 7.51. The summed E-state index contributed by atoms with van der Waals surface area (Å²) in [4.78, 5) is 0. The van der Waals surface area contributed by atoms with Gasteiger partial charge in [0.15, 0.2) is 0 Å². The summed E-state index contributed by atoms with van der Waals surface area (Å²) < 4.78 is 0. The van der Waals surface area contributed by atoms with Gasteiger partial charge in [-0.3, -0.25) is 0 Å². The number of hydrogen-bond donors (Lipinski definition) is 0. The van der Waals surface area contributed by atoms with Crippen LogP contribution in [0.1, 0.15) is 33.4 Å². The van der Waals surface area contributed by atoms with Crippen LogP contribution >= 0.6 is 0 Å². The Bertz CT molecular complexity index is 595. The first-order valence-electron chi connectivity index (χ1n) is 7.07. The smallest absolute Gasteiger partial charge is 0.0190 e. The van der Waals surface area contributed by atoms with Crippen LogP contribution in [0.5, 0.6) is 0 Å². The molecule has 0 heterocycles. The van der Waals surface area contributed by atoms with Gasteiger partial charge in [0.05, 0.1) is 0 Å². The normalized spacial score (nSPS) is 9.29. The number of hydrogen-bond acceptors (Lipinski definition) is 0. The molecule has 0 radical (unpaired) electrons. The molecule has 0 heteroatoms. The van der Waals surface area contributed by atoms with Gasteiger partial charge in [0, 0.05) is 0 Å². The monoisotopic (exact) mass is 276 g/mol. The van der Waals surface area contributed by atoms with E-state index in [1.165, 1.54) is 22.3 Å². The first-order valence-corrected chi connectivity index (χ1v) is 7.07. The molecule has 0 aliphatic carbocycles. The summed E-state index contributed by atoms with van der Waals surface area (Å²) in [5, 5.41) is 0. The van der Waals surface area contributed by atoms with Crippen LogP contribution in [0, 0.1) is 20.8 Å². The highest BCUT2D eigenvalue weighted by Gasteiger charge is 1.98. The zero-order valence-corrected chi connectivity index (χ0v) is 13.3. The van der Waals surface area contributed by atoms with Gasteiger partial charge in [-0.15, -0.1) is 0 Å². The van der Waals surface area contributed by atoms with Gasteiger partial charge in [0.25, 0.3) is 0 Å². The predicted octanol–water partition coefficient (Wildman–Crippen LogP) is 6.23. The fourth-order valence-corrected chi connectivity index (χ4v) is 2.40. The second kappa shape index (κ2) is 8.06. The molecule has 0 aromatic heterocycles. The highest BCUT2D eigenvalue weighted by atomic mass is 14.0. The molecule has 108 valence electrons. The minimum absolute atomic E-state index is 1.14. The Morgan fingerprint density at radius 2 is 1.14 bits per heavy atom. The van der Waals surface area contributed by atoms with Crippen LogP contribution in [0.15, 0.2) is 56.1 Å². The first kappa shape index (κ1) is 16.7. The van der Waals surface area contributed by atoms with Gasteiger partial charge in [-0.05, 0) is 48.6 Å². The molecule has 0 amide bonds. The second-order valence-electron chi connectivity index (χ2n) is 5.05. The van der Waals surface area contributed by atoms with Gasteiger partial charge in [-0.2, -0.15) is 0 Å². The lowest BCUT2D eigenvalue weighted by Crippen LogP contribution is -1.87. The molecule has 2 aromatic carbocycles. The number of aryl methyl sites for hydroxylation is 3. The van der Waals surface area contributed by atoms with Crippen molar-refractivity contribution < 1.29 is 0 Å². The molecule has 0 saturated heterocycles. The highest BCUT2D eigenvalue weighted by Crippen LogP contribution is 2.16. The average molecular weight is 276 g/mol. The van der Waals surface area contributed by atoms with Crippen LogP contribution in [0.2, 0.25) is 0 Å². The van der Waals surface area contributed by atoms with Crippen LogP contribution in [-0.4, -0.2) is 0 Å². The van der Waals surface area contributed by atoms with Crippen LogP contribution in [0.25, 0.3) is 18.2 Å². The molecule has 0 saturated carbocycles. The lowest BCUT2D eigenvalue weighted by Gasteiger charge is -2.05. The summed E-state index contributed by atoms with van der Waals surface area (Å²) in [6, 6.07) is 12.4. The molecule has 0 bridgehead atoms. The second-order valence-corrected chi connectivity index (χ2v) is 5.05. The molecule has 0 unspecified atom stereocenters. The van der Waals surface area contributed by atoms with E-state index in [0.29, 0.717) is 0 Å². The molecule has 21 heavy (non-hydrogen) atoms. The summed E-state index contributed by atoms with van der Waals surface area (Å²) >= 11 is 0. The third kappa shape index (κ3) is 4.61. The Morgan fingerprint density at radius 1 is 0.714 bits per heavy atom. The summed E-state index contributed by atoms with van der Waals surface area (Å²) in [7, 11) is 0. The SMILES string of the molecule is C=Cc1c(C)cc(C)cc1C.C=Cc1ccccc1C=C.